The minimum Gasteiger partial charge on any atom is -0.493 e. The molecule has 5 nitrogen and oxygen atoms in total. The summed E-state index contributed by atoms with van der Waals surface area (Å²) in [7, 11) is -1.51. The van der Waals surface area contributed by atoms with Crippen LogP contribution in [0.25, 0.3) is 0 Å². The van der Waals surface area contributed by atoms with Crippen molar-refractivity contribution in [2.24, 2.45) is 5.89 Å². The van der Waals surface area contributed by atoms with E-state index in [0.29, 0.717) is 12.5 Å². The van der Waals surface area contributed by atoms with E-state index in [1.807, 2.05) is 0 Å². The molecule has 0 spiro atoms. The van der Waals surface area contributed by atoms with Crippen LogP contribution in [0.4, 0.5) is 0 Å². The van der Waals surface area contributed by atoms with E-state index in [0.717, 1.165) is 0 Å². The van der Waals surface area contributed by atoms with Gasteiger partial charge in [0.25, 0.3) is 0 Å². The molecular weight excluding hydrogens is 306 g/mol. The second-order valence-corrected chi connectivity index (χ2v) is 6.08. The molecule has 0 bridgehead atoms. The first-order chi connectivity index (χ1) is 15.6. The highest BCUT2D eigenvalue weighted by Crippen LogP contribution is 2.42. The largest absolute Gasteiger partial charge is 0.493 e. The highest BCUT2D eigenvalue weighted by atomic mass is 16.5. The molecule has 132 valence electrons. The van der Waals surface area contributed by atoms with Crippen molar-refractivity contribution in [1.82, 2.24) is 4.90 Å². The number of Topliss-reactive ketones (excluding diaryl/α,β-unsaturated/α-hetero) is 1. The summed E-state index contributed by atoms with van der Waals surface area (Å²) in [5.74, 6) is -4.57. The fraction of sp³-hybridized carbons (Fsp3) is 0.632. The molecule has 3 rings (SSSR count). The number of hydrogen-bond donors (Lipinski definition) is 1. The second-order valence-electron chi connectivity index (χ2n) is 6.08. The zero-order chi connectivity index (χ0) is 27.0. The molecule has 5 heteroatoms. The van der Waals surface area contributed by atoms with E-state index in [4.69, 9.17) is 24.6 Å². The Bertz CT molecular complexity index is 1020. The molecule has 1 N–H and O–H groups in total. The maximum Gasteiger partial charge on any atom is 0.161 e. The van der Waals surface area contributed by atoms with Crippen LogP contribution in [-0.2, 0) is 11.2 Å². The Morgan fingerprint density at radius 2 is 2.33 bits per heavy atom. The van der Waals surface area contributed by atoms with Gasteiger partial charge >= 0.3 is 0 Å². The number of benzene rings is 1. The number of carbonyl (C=O) groups excluding carboxylic acids is 1. The van der Waals surface area contributed by atoms with Crippen molar-refractivity contribution < 1.29 is 34.5 Å². The van der Waals surface area contributed by atoms with E-state index in [2.05, 4.69) is 0 Å². The molecule has 2 aliphatic rings. The monoisotopic (exact) mass is 344 g/mol. The average molecular weight is 344 g/mol. The van der Waals surface area contributed by atoms with Gasteiger partial charge in [-0.2, -0.15) is 0 Å². The number of methoxy groups -OCH3 is 2. The first-order valence-electron chi connectivity index (χ1n) is 13.0. The van der Waals surface area contributed by atoms with Gasteiger partial charge in [0.2, 0.25) is 0 Å². The highest BCUT2D eigenvalue weighted by molar-refractivity contribution is 5.83. The van der Waals surface area contributed by atoms with Crippen LogP contribution in [-0.4, -0.2) is 48.6 Å². The first kappa shape index (κ1) is 8.19. The maximum atomic E-state index is 13.4. The molecule has 0 saturated carbocycles. The third-order valence-electron chi connectivity index (χ3n) is 4.16. The predicted octanol–water partition coefficient (Wildman–Crippen LogP) is 2.35. The molecule has 1 saturated heterocycles. The second kappa shape index (κ2) is 6.37. The van der Waals surface area contributed by atoms with Crippen LogP contribution in [0, 0.1) is 5.89 Å². The Morgan fingerprint density at radius 3 is 3.04 bits per heavy atom. The normalized spacial score (nSPS) is 39.9. The minimum absolute atomic E-state index is 0.0200. The van der Waals surface area contributed by atoms with E-state index in [1.54, 1.807) is 0 Å². The highest BCUT2D eigenvalue weighted by Gasteiger charge is 2.40. The Labute approximate surface area is 159 Å². The van der Waals surface area contributed by atoms with Gasteiger partial charge in [-0.3, -0.25) is 9.69 Å². The van der Waals surface area contributed by atoms with Crippen LogP contribution >= 0.6 is 0 Å². The summed E-state index contributed by atoms with van der Waals surface area (Å²) in [6.07, 6.45) is -6.01. The van der Waals surface area contributed by atoms with E-state index in [9.17, 15) is 9.90 Å². The summed E-state index contributed by atoms with van der Waals surface area (Å²) in [5, 5.41) is 10.6. The third kappa shape index (κ3) is 3.28. The number of piperidine rings is 1. The summed E-state index contributed by atoms with van der Waals surface area (Å²) in [5.41, 5.74) is -2.37. The molecule has 0 radical (unpaired) electrons. The summed E-state index contributed by atoms with van der Waals surface area (Å²) in [4.78, 5) is 14.8. The molecule has 2 aliphatic heterocycles. The Balaban J connectivity index is 2.12. The van der Waals surface area contributed by atoms with Crippen LogP contribution < -0.4 is 9.47 Å². The smallest absolute Gasteiger partial charge is 0.161 e. The predicted molar refractivity (Wildman–Crippen MR) is 91.6 cm³/mol. The number of aliphatic hydroxyl groups is 1. The van der Waals surface area contributed by atoms with Crippen molar-refractivity contribution in [1.29, 1.82) is 0 Å². The lowest BCUT2D eigenvalue weighted by molar-refractivity contribution is -0.131. The molecule has 1 unspecified atom stereocenters. The van der Waals surface area contributed by atoms with Crippen molar-refractivity contribution in [3.05, 3.63) is 23.3 Å². The van der Waals surface area contributed by atoms with Crippen LogP contribution in [0.3, 0.4) is 0 Å². The molecule has 1 aromatic carbocycles. The molecule has 0 aromatic heterocycles. The SMILES string of the molecule is [2H]C([2H])([2H])Oc1cc2c(cc1OC)[C@H]1N(CC2)C[C@]([2H])(C([2H])([2H])C(C)(O)C([2H])([2H])[2H])C(=O)C1([2H])[2H]. The summed E-state index contributed by atoms with van der Waals surface area (Å²) < 4.78 is 97.5. The first-order valence-corrected chi connectivity index (χ1v) is 7.53. The number of ether oxygens (including phenoxy) is 2. The zero-order valence-corrected chi connectivity index (χ0v) is 13.5. The van der Waals surface area contributed by atoms with Crippen LogP contribution in [0.1, 0.15) is 58.8 Å². The number of ketones is 1. The maximum absolute atomic E-state index is 13.4. The van der Waals surface area contributed by atoms with Gasteiger partial charge < -0.3 is 14.6 Å². The van der Waals surface area contributed by atoms with Gasteiger partial charge in [-0.05, 0) is 49.8 Å². The molecular formula is C19H27NO4. The van der Waals surface area contributed by atoms with Gasteiger partial charge in [0.1, 0.15) is 5.78 Å². The Kier molecular flexibility index (Phi) is 2.18. The van der Waals surface area contributed by atoms with Crippen molar-refractivity contribution in [3.63, 3.8) is 0 Å². The van der Waals surface area contributed by atoms with Crippen molar-refractivity contribution >= 4 is 5.78 Å². The lowest BCUT2D eigenvalue weighted by Crippen LogP contribution is -2.47. The van der Waals surface area contributed by atoms with E-state index in [-0.39, 0.29) is 30.0 Å². The lowest BCUT2D eigenvalue weighted by atomic mass is 9.79. The Morgan fingerprint density at radius 1 is 1.54 bits per heavy atom. The van der Waals surface area contributed by atoms with Crippen molar-refractivity contribution in [2.75, 3.05) is 27.2 Å². The molecule has 1 aromatic rings. The molecule has 2 heterocycles. The standard InChI is InChI=1S/C19H27NO4/c1-19(2,22)10-13-11-20-6-5-12-7-17(23-3)18(24-4)8-14(12)15(20)9-16(13)21/h7-8,13,15,22H,5-6,9-11H2,1-4H3/t13-,15-/m0/s1/i1D3,3D3,9D2,10D2,13D/t13-,15-,19?. The van der Waals surface area contributed by atoms with Gasteiger partial charge in [0, 0.05) is 42.4 Å². The zero-order valence-electron chi connectivity index (χ0n) is 24.5. The number of hydrogen-bond acceptors (Lipinski definition) is 5. The Hall–Kier alpha value is -1.59. The van der Waals surface area contributed by atoms with Crippen LogP contribution in [0.2, 0.25) is 0 Å². The fourth-order valence-corrected chi connectivity index (χ4v) is 3.13. The number of carbonyl (C=O) groups is 1. The fourth-order valence-electron chi connectivity index (χ4n) is 3.13. The molecule has 0 amide bonds. The third-order valence-corrected chi connectivity index (χ3v) is 4.16. The van der Waals surface area contributed by atoms with Crippen molar-refractivity contribution in [3.8, 4) is 11.5 Å². The van der Waals surface area contributed by atoms with Crippen LogP contribution in [0.15, 0.2) is 12.1 Å². The van der Waals surface area contributed by atoms with E-state index in [1.165, 1.54) is 24.1 Å². The van der Waals surface area contributed by atoms with Gasteiger partial charge in [-0.1, -0.05) is 0 Å². The van der Waals surface area contributed by atoms with Gasteiger partial charge in [0.15, 0.2) is 11.5 Å². The van der Waals surface area contributed by atoms with Crippen molar-refractivity contribution in [2.45, 2.75) is 44.6 Å². The number of nitrogens with zero attached hydrogens (tertiary/aromatic N) is 1. The topological polar surface area (TPSA) is 59.0 Å². The van der Waals surface area contributed by atoms with Gasteiger partial charge in [0.05, 0.1) is 23.9 Å². The summed E-state index contributed by atoms with van der Waals surface area (Å²) in [6, 6.07) is 1.45. The van der Waals surface area contributed by atoms with E-state index >= 15 is 0 Å². The molecule has 24 heavy (non-hydrogen) atoms. The summed E-state index contributed by atoms with van der Waals surface area (Å²) in [6.45, 7) is -3.25. The van der Waals surface area contributed by atoms with E-state index < -0.39 is 56.5 Å². The van der Waals surface area contributed by atoms with Crippen LogP contribution in [0.5, 0.6) is 11.5 Å². The van der Waals surface area contributed by atoms with Gasteiger partial charge in [-0.15, -0.1) is 0 Å². The summed E-state index contributed by atoms with van der Waals surface area (Å²) >= 11 is 0. The lowest BCUT2D eigenvalue weighted by Gasteiger charge is -2.44. The number of rotatable bonds is 4. The molecule has 0 aliphatic carbocycles. The average Bonchev–Trinajstić information content (AvgIpc) is 2.69. The quantitative estimate of drug-likeness (QED) is 0.908. The molecule has 3 atom stereocenters. The minimum atomic E-state index is -3.35. The number of fused-ring (bicyclic) bond motifs is 3. The van der Waals surface area contributed by atoms with Gasteiger partial charge in [-0.25, -0.2) is 0 Å². The molecule has 1 fully saturated rings.